The molecule has 0 unspecified atom stereocenters. The number of rotatable bonds is 7. The number of morpholine rings is 1. The molecular formula is C25H27F4N9O2. The lowest BCUT2D eigenvalue weighted by Crippen LogP contribution is -2.44. The lowest BCUT2D eigenvalue weighted by molar-refractivity contribution is -0.137. The van der Waals surface area contributed by atoms with Crippen LogP contribution in [0, 0.1) is 5.82 Å². The van der Waals surface area contributed by atoms with Gasteiger partial charge in [-0.2, -0.15) is 18.2 Å². The number of piperazine rings is 1. The quantitative estimate of drug-likeness (QED) is 0.253. The lowest BCUT2D eigenvalue weighted by Gasteiger charge is -2.31. The third kappa shape index (κ3) is 6.48. The number of hydrazine groups is 1. The Morgan fingerprint density at radius 2 is 1.70 bits per heavy atom. The Hall–Kier alpha value is -4.24. The summed E-state index contributed by atoms with van der Waals surface area (Å²) in [5.74, 6) is -1.13. The van der Waals surface area contributed by atoms with Crippen molar-refractivity contribution < 1.29 is 27.1 Å². The van der Waals surface area contributed by atoms with Crippen LogP contribution in [0.2, 0.25) is 0 Å². The molecule has 4 heterocycles. The van der Waals surface area contributed by atoms with Crippen LogP contribution in [0.5, 0.6) is 0 Å². The first-order chi connectivity index (χ1) is 19.3. The summed E-state index contributed by atoms with van der Waals surface area (Å²) < 4.78 is 60.9. The summed E-state index contributed by atoms with van der Waals surface area (Å²) in [5, 5.41) is 6.04. The van der Waals surface area contributed by atoms with E-state index in [9.17, 15) is 22.4 Å². The van der Waals surface area contributed by atoms with Crippen LogP contribution in [0.1, 0.15) is 16.1 Å². The van der Waals surface area contributed by atoms with Crippen molar-refractivity contribution in [3.63, 3.8) is 0 Å². The van der Waals surface area contributed by atoms with Gasteiger partial charge in [-0.3, -0.25) is 15.6 Å². The van der Waals surface area contributed by atoms with Gasteiger partial charge < -0.3 is 25.2 Å². The number of benzene rings is 1. The normalized spacial score (nSPS) is 16.0. The molecule has 212 valence electrons. The van der Waals surface area contributed by atoms with E-state index >= 15 is 0 Å². The number of alkyl halides is 3. The number of carbonyl (C=O) groups is 1. The molecule has 2 aliphatic heterocycles. The standard InChI is InChI=1S/C25H27F4N9O2/c26-19-15-32-24(34-22(19)38-9-11-40-12-10-38)36-35-23(39)20-3-1-17(14-31-20)33-16-2-4-21(18(13-16)25(27,28)29)37-7-5-30-6-8-37/h1-4,13-15,30,33H,5-12H2,(H,35,39)(H,32,34,36). The number of nitrogens with one attached hydrogen (secondary N) is 4. The number of halogens is 4. The Labute approximate surface area is 226 Å². The van der Waals surface area contributed by atoms with E-state index in [1.165, 1.54) is 24.4 Å². The molecule has 1 amide bonds. The van der Waals surface area contributed by atoms with Crippen LogP contribution < -0.4 is 31.3 Å². The maximum absolute atomic E-state index is 14.2. The number of amides is 1. The topological polar surface area (TPSA) is 120 Å². The van der Waals surface area contributed by atoms with Crippen molar-refractivity contribution in [3.8, 4) is 0 Å². The molecule has 11 nitrogen and oxygen atoms in total. The van der Waals surface area contributed by atoms with Gasteiger partial charge in [0.25, 0.3) is 5.91 Å². The van der Waals surface area contributed by atoms with E-state index in [0.29, 0.717) is 58.2 Å². The summed E-state index contributed by atoms with van der Waals surface area (Å²) in [6.45, 7) is 4.05. The predicted molar refractivity (Wildman–Crippen MR) is 140 cm³/mol. The van der Waals surface area contributed by atoms with Crippen molar-refractivity contribution >= 4 is 34.7 Å². The summed E-state index contributed by atoms with van der Waals surface area (Å²) in [6.07, 6.45) is -2.19. The monoisotopic (exact) mass is 561 g/mol. The molecule has 4 N–H and O–H groups in total. The van der Waals surface area contributed by atoms with E-state index in [-0.39, 0.29) is 28.8 Å². The molecule has 15 heteroatoms. The fourth-order valence-electron chi connectivity index (χ4n) is 4.38. The number of nitrogens with zero attached hydrogens (tertiary/aromatic N) is 5. The van der Waals surface area contributed by atoms with Crippen molar-refractivity contribution in [2.45, 2.75) is 6.18 Å². The molecule has 0 bridgehead atoms. The zero-order valence-electron chi connectivity index (χ0n) is 21.3. The zero-order chi connectivity index (χ0) is 28.1. The van der Waals surface area contributed by atoms with Crippen LogP contribution in [-0.4, -0.2) is 73.3 Å². The van der Waals surface area contributed by atoms with Gasteiger partial charge in [0.1, 0.15) is 5.69 Å². The minimum absolute atomic E-state index is 0.0146. The molecule has 2 saturated heterocycles. The van der Waals surface area contributed by atoms with Crippen LogP contribution in [0.15, 0.2) is 42.7 Å². The van der Waals surface area contributed by atoms with E-state index in [4.69, 9.17) is 4.74 Å². The van der Waals surface area contributed by atoms with Crippen molar-refractivity contribution in [3.05, 3.63) is 59.8 Å². The number of hydrogen-bond acceptors (Lipinski definition) is 10. The van der Waals surface area contributed by atoms with Gasteiger partial charge in [-0.05, 0) is 30.3 Å². The molecule has 0 radical (unpaired) electrons. The number of pyridine rings is 1. The Bertz CT molecular complexity index is 1330. The highest BCUT2D eigenvalue weighted by Crippen LogP contribution is 2.39. The molecule has 0 atom stereocenters. The van der Waals surface area contributed by atoms with Crippen molar-refractivity contribution in [2.75, 3.05) is 73.0 Å². The highest BCUT2D eigenvalue weighted by molar-refractivity contribution is 5.93. The van der Waals surface area contributed by atoms with Gasteiger partial charge in [-0.25, -0.2) is 14.4 Å². The predicted octanol–water partition coefficient (Wildman–Crippen LogP) is 2.78. The maximum Gasteiger partial charge on any atom is 0.418 e. The Morgan fingerprint density at radius 3 is 2.40 bits per heavy atom. The molecular weight excluding hydrogens is 534 g/mol. The van der Waals surface area contributed by atoms with Gasteiger partial charge >= 0.3 is 6.18 Å². The summed E-state index contributed by atoms with van der Waals surface area (Å²) >= 11 is 0. The highest BCUT2D eigenvalue weighted by Gasteiger charge is 2.35. The van der Waals surface area contributed by atoms with Gasteiger partial charge in [0.05, 0.1) is 36.9 Å². The van der Waals surface area contributed by atoms with Crippen LogP contribution in [0.3, 0.4) is 0 Å². The molecule has 2 aromatic heterocycles. The van der Waals surface area contributed by atoms with Crippen molar-refractivity contribution in [1.82, 2.24) is 25.7 Å². The Balaban J connectivity index is 1.22. The molecule has 0 saturated carbocycles. The summed E-state index contributed by atoms with van der Waals surface area (Å²) in [4.78, 5) is 28.0. The average molecular weight is 562 g/mol. The van der Waals surface area contributed by atoms with Crippen LogP contribution in [0.25, 0.3) is 0 Å². The smallest absolute Gasteiger partial charge is 0.378 e. The summed E-state index contributed by atoms with van der Waals surface area (Å²) in [7, 11) is 0. The summed E-state index contributed by atoms with van der Waals surface area (Å²) in [6, 6.07) is 7.02. The first-order valence-electron chi connectivity index (χ1n) is 12.6. The largest absolute Gasteiger partial charge is 0.418 e. The van der Waals surface area contributed by atoms with Crippen LogP contribution >= 0.6 is 0 Å². The van der Waals surface area contributed by atoms with Crippen molar-refractivity contribution in [1.29, 1.82) is 0 Å². The van der Waals surface area contributed by atoms with Crippen molar-refractivity contribution in [2.24, 2.45) is 0 Å². The molecule has 0 spiro atoms. The Morgan fingerprint density at radius 1 is 0.950 bits per heavy atom. The van der Waals surface area contributed by atoms with E-state index in [0.717, 1.165) is 12.3 Å². The number of anilines is 5. The Kier molecular flexibility index (Phi) is 8.11. The highest BCUT2D eigenvalue weighted by atomic mass is 19.4. The molecule has 0 aliphatic carbocycles. The van der Waals surface area contributed by atoms with Gasteiger partial charge in [0.2, 0.25) is 5.95 Å². The van der Waals surface area contributed by atoms with Crippen LogP contribution in [-0.2, 0) is 10.9 Å². The molecule has 40 heavy (non-hydrogen) atoms. The molecule has 5 rings (SSSR count). The fraction of sp³-hybridized carbons (Fsp3) is 0.360. The van der Waals surface area contributed by atoms with E-state index < -0.39 is 23.5 Å². The molecule has 1 aromatic carbocycles. The van der Waals surface area contributed by atoms with Gasteiger partial charge in [-0.15, -0.1) is 0 Å². The third-order valence-electron chi connectivity index (χ3n) is 6.37. The van der Waals surface area contributed by atoms with E-state index in [2.05, 4.69) is 36.4 Å². The third-order valence-corrected chi connectivity index (χ3v) is 6.37. The summed E-state index contributed by atoms with van der Waals surface area (Å²) in [5.41, 5.74) is 5.00. The molecule has 3 aromatic rings. The second kappa shape index (κ2) is 11.9. The minimum atomic E-state index is -4.53. The maximum atomic E-state index is 14.2. The SMILES string of the molecule is O=C(NNc1ncc(F)c(N2CCOCC2)n1)c1ccc(Nc2ccc(N3CCNCC3)c(C(F)(F)F)c2)cn1. The lowest BCUT2D eigenvalue weighted by atomic mass is 10.1. The van der Waals surface area contributed by atoms with E-state index in [1.807, 2.05) is 0 Å². The van der Waals surface area contributed by atoms with Gasteiger partial charge in [0.15, 0.2) is 11.6 Å². The number of hydrogen-bond donors (Lipinski definition) is 4. The molecule has 2 aliphatic rings. The second-order valence-electron chi connectivity index (χ2n) is 9.07. The first-order valence-corrected chi connectivity index (χ1v) is 12.6. The fourth-order valence-corrected chi connectivity index (χ4v) is 4.38. The van der Waals surface area contributed by atoms with Gasteiger partial charge in [0, 0.05) is 50.6 Å². The number of aromatic nitrogens is 3. The van der Waals surface area contributed by atoms with Gasteiger partial charge in [-0.1, -0.05) is 0 Å². The van der Waals surface area contributed by atoms with E-state index in [1.54, 1.807) is 15.9 Å². The average Bonchev–Trinajstić information content (AvgIpc) is 2.97. The first kappa shape index (κ1) is 27.3. The number of ether oxygens (including phenoxy) is 1. The second-order valence-corrected chi connectivity index (χ2v) is 9.07. The zero-order valence-corrected chi connectivity index (χ0v) is 21.3. The molecule has 2 fully saturated rings. The number of carbonyl (C=O) groups excluding carboxylic acids is 1. The van der Waals surface area contributed by atoms with Crippen LogP contribution in [0.4, 0.5) is 46.4 Å². The minimum Gasteiger partial charge on any atom is -0.378 e.